The second kappa shape index (κ2) is 9.05. The number of piperazine rings is 1. The van der Waals surface area contributed by atoms with Crippen LogP contribution in [0.25, 0.3) is 11.0 Å². The molecule has 7 heteroatoms. The monoisotopic (exact) mass is 396 g/mol. The Labute approximate surface area is 169 Å². The van der Waals surface area contributed by atoms with Gasteiger partial charge < -0.3 is 14.7 Å². The van der Waals surface area contributed by atoms with Crippen LogP contribution in [0.15, 0.2) is 53.1 Å². The molecule has 29 heavy (non-hydrogen) atoms. The van der Waals surface area contributed by atoms with Crippen molar-refractivity contribution < 1.29 is 13.7 Å². The van der Waals surface area contributed by atoms with Gasteiger partial charge in [0.05, 0.1) is 6.42 Å². The standard InChI is InChI=1S/C22H25FN4O2/c23-17-6-8-18(9-7-17)27-14-12-26(13-15-27)11-3-10-24-22(28)16-20-19-4-1-2-5-21(19)29-25-20/h1-2,4-9H,3,10-16H2,(H,24,28). The lowest BCUT2D eigenvalue weighted by Crippen LogP contribution is -2.47. The van der Waals surface area contributed by atoms with Crippen molar-refractivity contribution in [2.45, 2.75) is 12.8 Å². The quantitative estimate of drug-likeness (QED) is 0.623. The van der Waals surface area contributed by atoms with Gasteiger partial charge in [-0.3, -0.25) is 9.69 Å². The molecule has 0 atom stereocenters. The summed E-state index contributed by atoms with van der Waals surface area (Å²) in [6, 6.07) is 14.2. The third-order valence-corrected chi connectivity index (χ3v) is 5.32. The van der Waals surface area contributed by atoms with E-state index in [0.29, 0.717) is 17.8 Å². The normalized spacial score (nSPS) is 15.0. The number of hydrogen-bond donors (Lipinski definition) is 1. The highest BCUT2D eigenvalue weighted by Crippen LogP contribution is 2.18. The lowest BCUT2D eigenvalue weighted by molar-refractivity contribution is -0.120. The maximum absolute atomic E-state index is 13.1. The Bertz CT molecular complexity index is 949. The average molecular weight is 396 g/mol. The molecule has 152 valence electrons. The van der Waals surface area contributed by atoms with Gasteiger partial charge in [0.2, 0.25) is 5.91 Å². The molecule has 4 rings (SSSR count). The molecule has 0 spiro atoms. The number of rotatable bonds is 7. The predicted molar refractivity (Wildman–Crippen MR) is 110 cm³/mol. The number of benzene rings is 2. The van der Waals surface area contributed by atoms with Gasteiger partial charge in [0.25, 0.3) is 0 Å². The van der Waals surface area contributed by atoms with E-state index in [-0.39, 0.29) is 18.1 Å². The zero-order valence-corrected chi connectivity index (χ0v) is 16.3. The average Bonchev–Trinajstić information content (AvgIpc) is 3.15. The number of fused-ring (bicyclic) bond motifs is 1. The molecule has 1 fully saturated rings. The van der Waals surface area contributed by atoms with Gasteiger partial charge in [-0.15, -0.1) is 0 Å². The van der Waals surface area contributed by atoms with E-state index >= 15 is 0 Å². The van der Waals surface area contributed by atoms with Crippen LogP contribution in [0, 0.1) is 5.82 Å². The first-order chi connectivity index (χ1) is 14.2. The molecule has 0 aliphatic carbocycles. The molecule has 1 N–H and O–H groups in total. The summed E-state index contributed by atoms with van der Waals surface area (Å²) >= 11 is 0. The second-order valence-electron chi connectivity index (χ2n) is 7.31. The van der Waals surface area contributed by atoms with Crippen LogP contribution >= 0.6 is 0 Å². The molecule has 2 heterocycles. The first-order valence-corrected chi connectivity index (χ1v) is 10.0. The van der Waals surface area contributed by atoms with Crippen molar-refractivity contribution in [2.75, 3.05) is 44.2 Å². The van der Waals surface area contributed by atoms with Crippen molar-refractivity contribution >= 4 is 22.6 Å². The summed E-state index contributed by atoms with van der Waals surface area (Å²) in [5.41, 5.74) is 2.45. The lowest BCUT2D eigenvalue weighted by Gasteiger charge is -2.36. The third-order valence-electron chi connectivity index (χ3n) is 5.32. The van der Waals surface area contributed by atoms with Crippen molar-refractivity contribution in [1.82, 2.24) is 15.4 Å². The van der Waals surface area contributed by atoms with Gasteiger partial charge >= 0.3 is 0 Å². The van der Waals surface area contributed by atoms with E-state index in [0.717, 1.165) is 50.2 Å². The molecule has 1 aliphatic rings. The zero-order chi connectivity index (χ0) is 20.1. The highest BCUT2D eigenvalue weighted by atomic mass is 19.1. The SMILES string of the molecule is O=C(Cc1noc2ccccc12)NCCCN1CCN(c2ccc(F)cc2)CC1. The fraction of sp³-hybridized carbons (Fsp3) is 0.364. The number of carbonyl (C=O) groups excluding carboxylic acids is 1. The van der Waals surface area contributed by atoms with E-state index in [1.807, 2.05) is 36.4 Å². The molecule has 1 aliphatic heterocycles. The summed E-state index contributed by atoms with van der Waals surface area (Å²) in [5.74, 6) is -0.239. The maximum atomic E-state index is 13.1. The van der Waals surface area contributed by atoms with Crippen LogP contribution in [0.1, 0.15) is 12.1 Å². The third kappa shape index (κ3) is 4.92. The van der Waals surface area contributed by atoms with Crippen LogP contribution in [0.4, 0.5) is 10.1 Å². The number of anilines is 1. The summed E-state index contributed by atoms with van der Waals surface area (Å²) in [5, 5.41) is 7.87. The Morgan fingerprint density at radius 3 is 2.62 bits per heavy atom. The lowest BCUT2D eigenvalue weighted by atomic mass is 10.1. The Morgan fingerprint density at radius 1 is 1.07 bits per heavy atom. The Balaban J connectivity index is 1.15. The van der Waals surface area contributed by atoms with E-state index in [9.17, 15) is 9.18 Å². The zero-order valence-electron chi connectivity index (χ0n) is 16.3. The van der Waals surface area contributed by atoms with E-state index in [1.54, 1.807) is 0 Å². The van der Waals surface area contributed by atoms with Crippen LogP contribution in [-0.4, -0.2) is 55.2 Å². The minimum atomic E-state index is -0.203. The molecule has 0 saturated carbocycles. The summed E-state index contributed by atoms with van der Waals surface area (Å²) in [7, 11) is 0. The summed E-state index contributed by atoms with van der Waals surface area (Å²) in [6.07, 6.45) is 1.13. The van der Waals surface area contributed by atoms with Crippen molar-refractivity contribution in [3.05, 3.63) is 60.0 Å². The van der Waals surface area contributed by atoms with Gasteiger partial charge in [-0.2, -0.15) is 0 Å². The molecule has 1 aromatic heterocycles. The summed E-state index contributed by atoms with van der Waals surface area (Å²) in [4.78, 5) is 16.9. The first-order valence-electron chi connectivity index (χ1n) is 10.0. The first kappa shape index (κ1) is 19.4. The van der Waals surface area contributed by atoms with Crippen molar-refractivity contribution in [3.8, 4) is 0 Å². The second-order valence-corrected chi connectivity index (χ2v) is 7.31. The van der Waals surface area contributed by atoms with Gasteiger partial charge in [0.1, 0.15) is 11.5 Å². The number of hydrogen-bond acceptors (Lipinski definition) is 5. The van der Waals surface area contributed by atoms with Gasteiger partial charge in [-0.05, 0) is 49.4 Å². The minimum Gasteiger partial charge on any atom is -0.369 e. The van der Waals surface area contributed by atoms with Crippen molar-refractivity contribution in [1.29, 1.82) is 0 Å². The van der Waals surface area contributed by atoms with Crippen LogP contribution in [-0.2, 0) is 11.2 Å². The van der Waals surface area contributed by atoms with Gasteiger partial charge in [-0.25, -0.2) is 4.39 Å². The smallest absolute Gasteiger partial charge is 0.226 e. The number of nitrogens with zero attached hydrogens (tertiary/aromatic N) is 3. The van der Waals surface area contributed by atoms with Crippen molar-refractivity contribution in [2.24, 2.45) is 0 Å². The van der Waals surface area contributed by atoms with Crippen molar-refractivity contribution in [3.63, 3.8) is 0 Å². The number of para-hydroxylation sites is 1. The number of halogens is 1. The summed E-state index contributed by atoms with van der Waals surface area (Å²) < 4.78 is 18.3. The highest BCUT2D eigenvalue weighted by molar-refractivity contribution is 5.86. The molecule has 1 saturated heterocycles. The van der Waals surface area contributed by atoms with Gasteiger partial charge in [0.15, 0.2) is 5.58 Å². The summed E-state index contributed by atoms with van der Waals surface area (Å²) in [6.45, 7) is 5.39. The largest absolute Gasteiger partial charge is 0.369 e. The molecular formula is C22H25FN4O2. The number of nitrogens with one attached hydrogen (secondary N) is 1. The molecular weight excluding hydrogens is 371 g/mol. The van der Waals surface area contributed by atoms with E-state index in [2.05, 4.69) is 20.3 Å². The van der Waals surface area contributed by atoms with Crippen LogP contribution in [0.3, 0.4) is 0 Å². The molecule has 0 bridgehead atoms. The number of aromatic nitrogens is 1. The Hall–Kier alpha value is -2.93. The molecule has 0 radical (unpaired) electrons. The minimum absolute atomic E-state index is 0.0369. The van der Waals surface area contributed by atoms with E-state index in [4.69, 9.17) is 4.52 Å². The van der Waals surface area contributed by atoms with Gasteiger partial charge in [-0.1, -0.05) is 17.3 Å². The molecule has 0 unspecified atom stereocenters. The van der Waals surface area contributed by atoms with E-state index < -0.39 is 0 Å². The fourth-order valence-electron chi connectivity index (χ4n) is 3.69. The molecule has 6 nitrogen and oxygen atoms in total. The van der Waals surface area contributed by atoms with Gasteiger partial charge in [0, 0.05) is 43.8 Å². The molecule has 1 amide bonds. The van der Waals surface area contributed by atoms with E-state index in [1.165, 1.54) is 12.1 Å². The molecule has 3 aromatic rings. The molecule has 2 aromatic carbocycles. The Kier molecular flexibility index (Phi) is 6.05. The number of amides is 1. The maximum Gasteiger partial charge on any atom is 0.226 e. The van der Waals surface area contributed by atoms with Crippen LogP contribution in [0.5, 0.6) is 0 Å². The topological polar surface area (TPSA) is 61.6 Å². The fourth-order valence-corrected chi connectivity index (χ4v) is 3.69. The van der Waals surface area contributed by atoms with Crippen LogP contribution in [0.2, 0.25) is 0 Å². The van der Waals surface area contributed by atoms with Crippen LogP contribution < -0.4 is 10.2 Å². The highest BCUT2D eigenvalue weighted by Gasteiger charge is 2.17. The predicted octanol–water partition coefficient (Wildman–Crippen LogP) is 2.84. The Morgan fingerprint density at radius 2 is 1.83 bits per heavy atom. The number of carbonyl (C=O) groups is 1.